The van der Waals surface area contributed by atoms with E-state index in [2.05, 4.69) is 0 Å². The average Bonchev–Trinajstić information content (AvgIpc) is 2.27. The number of aryl methyl sites for hydroxylation is 1. The van der Waals surface area contributed by atoms with Gasteiger partial charge in [-0.05, 0) is 31.0 Å². The first-order chi connectivity index (χ1) is 8.27. The Morgan fingerprint density at radius 3 is 2.11 bits per heavy atom. The third kappa shape index (κ3) is 2.67. The first-order valence-corrected chi connectivity index (χ1v) is 7.92. The molecule has 0 radical (unpaired) electrons. The van der Waals surface area contributed by atoms with E-state index in [0.717, 1.165) is 0 Å². The molecular formula is C12H17Cl2NO2S. The molecule has 0 bridgehead atoms. The fourth-order valence-corrected chi connectivity index (χ4v) is 4.44. The first kappa shape index (κ1) is 15.8. The van der Waals surface area contributed by atoms with Crippen molar-refractivity contribution in [2.75, 3.05) is 13.1 Å². The van der Waals surface area contributed by atoms with Gasteiger partial charge in [-0.2, -0.15) is 4.31 Å². The predicted octanol–water partition coefficient (Wildman–Crippen LogP) is 3.64. The summed E-state index contributed by atoms with van der Waals surface area (Å²) >= 11 is 12.2. The molecule has 102 valence electrons. The van der Waals surface area contributed by atoms with Gasteiger partial charge in [-0.1, -0.05) is 37.0 Å². The van der Waals surface area contributed by atoms with Gasteiger partial charge in [-0.25, -0.2) is 8.42 Å². The van der Waals surface area contributed by atoms with E-state index in [1.165, 1.54) is 4.31 Å². The zero-order valence-electron chi connectivity index (χ0n) is 10.9. The number of benzene rings is 1. The van der Waals surface area contributed by atoms with Crippen molar-refractivity contribution in [1.82, 2.24) is 4.31 Å². The Morgan fingerprint density at radius 2 is 1.67 bits per heavy atom. The molecule has 1 aromatic carbocycles. The molecule has 0 unspecified atom stereocenters. The lowest BCUT2D eigenvalue weighted by Gasteiger charge is -2.21. The summed E-state index contributed by atoms with van der Waals surface area (Å²) in [5, 5.41) is 0.673. The molecule has 0 spiro atoms. The number of hydrogen-bond acceptors (Lipinski definition) is 2. The third-order valence-electron chi connectivity index (χ3n) is 2.89. The van der Waals surface area contributed by atoms with Crippen LogP contribution in [0.5, 0.6) is 0 Å². The van der Waals surface area contributed by atoms with Crippen LogP contribution in [0.4, 0.5) is 0 Å². The Kier molecular flexibility index (Phi) is 5.06. The largest absolute Gasteiger partial charge is 0.244 e. The Hall–Kier alpha value is -0.290. The summed E-state index contributed by atoms with van der Waals surface area (Å²) in [7, 11) is -3.59. The third-order valence-corrected chi connectivity index (χ3v) is 6.11. The summed E-state index contributed by atoms with van der Waals surface area (Å²) in [5.74, 6) is 0. The molecule has 1 rings (SSSR count). The summed E-state index contributed by atoms with van der Waals surface area (Å²) in [4.78, 5) is 0.123. The highest BCUT2D eigenvalue weighted by Gasteiger charge is 2.28. The Balaban J connectivity index is 3.60. The molecule has 1 aromatic rings. The second-order valence-corrected chi connectivity index (χ2v) is 6.69. The van der Waals surface area contributed by atoms with Gasteiger partial charge in [-0.15, -0.1) is 0 Å². The molecule has 0 aromatic heterocycles. The Morgan fingerprint density at radius 1 is 1.17 bits per heavy atom. The fraction of sp³-hybridized carbons (Fsp3) is 0.500. The summed E-state index contributed by atoms with van der Waals surface area (Å²) in [6.07, 6.45) is 0. The molecule has 0 N–H and O–H groups in total. The average molecular weight is 310 g/mol. The van der Waals surface area contributed by atoms with Gasteiger partial charge in [0.25, 0.3) is 0 Å². The smallest absolute Gasteiger partial charge is 0.207 e. The van der Waals surface area contributed by atoms with Crippen LogP contribution < -0.4 is 0 Å². The van der Waals surface area contributed by atoms with E-state index in [4.69, 9.17) is 23.2 Å². The van der Waals surface area contributed by atoms with Gasteiger partial charge in [0.2, 0.25) is 10.0 Å². The molecule has 0 aliphatic rings. The first-order valence-electron chi connectivity index (χ1n) is 5.72. The zero-order valence-corrected chi connectivity index (χ0v) is 13.2. The summed E-state index contributed by atoms with van der Waals surface area (Å²) < 4.78 is 26.4. The molecule has 0 amide bonds. The minimum absolute atomic E-state index is 0.123. The number of hydrogen-bond donors (Lipinski definition) is 0. The van der Waals surface area contributed by atoms with Crippen molar-refractivity contribution in [3.63, 3.8) is 0 Å². The summed E-state index contributed by atoms with van der Waals surface area (Å²) in [6.45, 7) is 7.81. The van der Waals surface area contributed by atoms with Crippen molar-refractivity contribution < 1.29 is 8.42 Å². The van der Waals surface area contributed by atoms with Crippen molar-refractivity contribution >= 4 is 33.2 Å². The Bertz CT molecular complexity index is 525. The minimum atomic E-state index is -3.59. The number of rotatable bonds is 4. The second kappa shape index (κ2) is 5.78. The monoisotopic (exact) mass is 309 g/mol. The maximum Gasteiger partial charge on any atom is 0.244 e. The van der Waals surface area contributed by atoms with Crippen LogP contribution in [0, 0.1) is 13.8 Å². The van der Waals surface area contributed by atoms with E-state index in [1.54, 1.807) is 33.8 Å². The molecule has 0 heterocycles. The SMILES string of the molecule is CCN(CC)S(=O)(=O)c1c(C)c(Cl)cc(C)c1Cl. The van der Waals surface area contributed by atoms with Crippen LogP contribution in [-0.4, -0.2) is 25.8 Å². The number of nitrogens with zero attached hydrogens (tertiary/aromatic N) is 1. The van der Waals surface area contributed by atoms with Crippen LogP contribution in [0.3, 0.4) is 0 Å². The van der Waals surface area contributed by atoms with Crippen LogP contribution in [-0.2, 0) is 10.0 Å². The van der Waals surface area contributed by atoms with Crippen molar-refractivity contribution in [3.8, 4) is 0 Å². The highest BCUT2D eigenvalue weighted by Crippen LogP contribution is 2.34. The van der Waals surface area contributed by atoms with Gasteiger partial charge in [-0.3, -0.25) is 0 Å². The quantitative estimate of drug-likeness (QED) is 0.851. The van der Waals surface area contributed by atoms with Crippen molar-refractivity contribution in [3.05, 3.63) is 27.2 Å². The molecular weight excluding hydrogens is 293 g/mol. The molecule has 0 aliphatic heterocycles. The Labute approximate surface area is 119 Å². The van der Waals surface area contributed by atoms with Crippen LogP contribution in [0.2, 0.25) is 10.0 Å². The normalized spacial score (nSPS) is 12.2. The summed E-state index contributed by atoms with van der Waals surface area (Å²) in [6, 6.07) is 1.68. The lowest BCUT2D eigenvalue weighted by molar-refractivity contribution is 0.445. The molecule has 0 saturated heterocycles. The van der Waals surface area contributed by atoms with E-state index >= 15 is 0 Å². The molecule has 0 fully saturated rings. The van der Waals surface area contributed by atoms with Gasteiger partial charge in [0.15, 0.2) is 0 Å². The van der Waals surface area contributed by atoms with E-state index < -0.39 is 10.0 Å². The predicted molar refractivity (Wildman–Crippen MR) is 76.0 cm³/mol. The van der Waals surface area contributed by atoms with Crippen LogP contribution in [0.1, 0.15) is 25.0 Å². The number of sulfonamides is 1. The molecule has 0 atom stereocenters. The van der Waals surface area contributed by atoms with Crippen molar-refractivity contribution in [2.24, 2.45) is 0 Å². The fourth-order valence-electron chi connectivity index (χ4n) is 1.81. The highest BCUT2D eigenvalue weighted by atomic mass is 35.5. The van der Waals surface area contributed by atoms with E-state index in [-0.39, 0.29) is 9.92 Å². The van der Waals surface area contributed by atoms with Gasteiger partial charge in [0.1, 0.15) is 4.90 Å². The maximum absolute atomic E-state index is 12.5. The lowest BCUT2D eigenvalue weighted by atomic mass is 10.2. The van der Waals surface area contributed by atoms with Crippen molar-refractivity contribution in [2.45, 2.75) is 32.6 Å². The highest BCUT2D eigenvalue weighted by molar-refractivity contribution is 7.89. The standard InChI is InChI=1S/C12H17Cl2NO2S/c1-5-15(6-2)18(16,17)12-9(4)10(13)7-8(3)11(12)14/h7H,5-6H2,1-4H3. The van der Waals surface area contributed by atoms with Crippen molar-refractivity contribution in [1.29, 1.82) is 0 Å². The van der Waals surface area contributed by atoms with Gasteiger partial charge < -0.3 is 0 Å². The van der Waals surface area contributed by atoms with E-state index in [1.807, 2.05) is 0 Å². The molecule has 3 nitrogen and oxygen atoms in total. The second-order valence-electron chi connectivity index (χ2n) is 4.03. The van der Waals surface area contributed by atoms with Crippen LogP contribution >= 0.6 is 23.2 Å². The van der Waals surface area contributed by atoms with E-state index in [0.29, 0.717) is 29.2 Å². The van der Waals surface area contributed by atoms with E-state index in [9.17, 15) is 8.42 Å². The zero-order chi connectivity index (χ0) is 14.1. The maximum atomic E-state index is 12.5. The molecule has 6 heteroatoms. The van der Waals surface area contributed by atoms with Gasteiger partial charge in [0, 0.05) is 18.1 Å². The van der Waals surface area contributed by atoms with Gasteiger partial charge >= 0.3 is 0 Å². The van der Waals surface area contributed by atoms with Crippen LogP contribution in [0.15, 0.2) is 11.0 Å². The van der Waals surface area contributed by atoms with Gasteiger partial charge in [0.05, 0.1) is 5.02 Å². The summed E-state index contributed by atoms with van der Waals surface area (Å²) in [5.41, 5.74) is 1.16. The topological polar surface area (TPSA) is 37.4 Å². The molecule has 0 aliphatic carbocycles. The molecule has 0 saturated carbocycles. The number of halogens is 2. The molecule has 18 heavy (non-hydrogen) atoms. The van der Waals surface area contributed by atoms with Crippen LogP contribution in [0.25, 0.3) is 0 Å². The lowest BCUT2D eigenvalue weighted by Crippen LogP contribution is -2.31. The minimum Gasteiger partial charge on any atom is -0.207 e.